The molecule has 0 atom stereocenters. The zero-order valence-corrected chi connectivity index (χ0v) is 18.4. The summed E-state index contributed by atoms with van der Waals surface area (Å²) in [5, 5.41) is 11.2. The van der Waals surface area contributed by atoms with E-state index < -0.39 is 0 Å². The number of aromatic hydroxyl groups is 1. The summed E-state index contributed by atoms with van der Waals surface area (Å²) >= 11 is 0. The molecule has 0 spiro atoms. The number of nitrogens with zero attached hydrogens (tertiary/aromatic N) is 3. The maximum absolute atomic E-state index is 13.5. The fourth-order valence-corrected chi connectivity index (χ4v) is 5.82. The number of aliphatic imine (C=N–C) groups is 1. The molecular formula is C24H37N3O3. The van der Waals surface area contributed by atoms with Crippen molar-refractivity contribution in [3.63, 3.8) is 0 Å². The molecule has 1 N–H and O–H groups in total. The fraction of sp³-hybridized carbons (Fsp3) is 0.792. The molecule has 0 saturated heterocycles. The van der Waals surface area contributed by atoms with Gasteiger partial charge in [0.1, 0.15) is 5.56 Å². The van der Waals surface area contributed by atoms with E-state index in [1.165, 1.54) is 30.3 Å². The summed E-state index contributed by atoms with van der Waals surface area (Å²) in [5.41, 5.74) is 0.203. The van der Waals surface area contributed by atoms with Crippen molar-refractivity contribution >= 4 is 5.71 Å². The second-order valence-corrected chi connectivity index (χ2v) is 9.62. The van der Waals surface area contributed by atoms with Crippen molar-refractivity contribution in [2.75, 3.05) is 0 Å². The molecule has 0 aromatic carbocycles. The van der Waals surface area contributed by atoms with Gasteiger partial charge in [-0.2, -0.15) is 0 Å². The van der Waals surface area contributed by atoms with Crippen LogP contribution in [0.3, 0.4) is 0 Å². The van der Waals surface area contributed by atoms with Crippen molar-refractivity contribution in [1.29, 1.82) is 0 Å². The first-order valence-corrected chi connectivity index (χ1v) is 12.2. The van der Waals surface area contributed by atoms with Crippen LogP contribution in [0.25, 0.3) is 0 Å². The van der Waals surface area contributed by atoms with E-state index in [4.69, 9.17) is 4.99 Å². The lowest BCUT2D eigenvalue weighted by Crippen LogP contribution is -2.46. The predicted molar refractivity (Wildman–Crippen MR) is 120 cm³/mol. The lowest BCUT2D eigenvalue weighted by molar-refractivity contribution is 0.271. The molecule has 4 rings (SSSR count). The SMILES string of the molecule is CC(=NC1CCCCC1)c1c(O)n(C2CCCCC2)c(=O)n(C2CCCCC2)c1=O. The second kappa shape index (κ2) is 9.52. The number of aromatic nitrogens is 2. The molecule has 3 fully saturated rings. The third-order valence-corrected chi connectivity index (χ3v) is 7.49. The van der Waals surface area contributed by atoms with Crippen molar-refractivity contribution < 1.29 is 5.11 Å². The first kappa shape index (κ1) is 21.4. The summed E-state index contributed by atoms with van der Waals surface area (Å²) in [5.74, 6) is -0.152. The van der Waals surface area contributed by atoms with Crippen LogP contribution in [-0.4, -0.2) is 26.0 Å². The van der Waals surface area contributed by atoms with E-state index in [-0.39, 0.29) is 40.8 Å². The van der Waals surface area contributed by atoms with Crippen LogP contribution in [0.1, 0.15) is 121 Å². The van der Waals surface area contributed by atoms with Gasteiger partial charge in [-0.25, -0.2) is 4.79 Å². The first-order chi connectivity index (χ1) is 14.6. The molecule has 1 heterocycles. The molecule has 30 heavy (non-hydrogen) atoms. The van der Waals surface area contributed by atoms with Crippen LogP contribution in [0, 0.1) is 0 Å². The summed E-state index contributed by atoms with van der Waals surface area (Å²) in [6.07, 6.45) is 15.7. The van der Waals surface area contributed by atoms with Crippen LogP contribution < -0.4 is 11.2 Å². The molecule has 0 aliphatic heterocycles. The largest absolute Gasteiger partial charge is 0.494 e. The number of hydrogen-bond donors (Lipinski definition) is 1. The maximum atomic E-state index is 13.5. The fourth-order valence-electron chi connectivity index (χ4n) is 5.82. The van der Waals surface area contributed by atoms with Gasteiger partial charge in [-0.1, -0.05) is 57.8 Å². The van der Waals surface area contributed by atoms with Gasteiger partial charge in [-0.3, -0.25) is 18.9 Å². The highest BCUT2D eigenvalue weighted by Crippen LogP contribution is 2.32. The average Bonchev–Trinajstić information content (AvgIpc) is 2.76. The molecular weight excluding hydrogens is 378 g/mol. The van der Waals surface area contributed by atoms with E-state index in [0.29, 0.717) is 5.71 Å². The Hall–Kier alpha value is -1.85. The molecule has 0 bridgehead atoms. The summed E-state index contributed by atoms with van der Waals surface area (Å²) in [4.78, 5) is 31.9. The monoisotopic (exact) mass is 415 g/mol. The van der Waals surface area contributed by atoms with Crippen LogP contribution in [0.5, 0.6) is 5.88 Å². The van der Waals surface area contributed by atoms with Crippen molar-refractivity contribution in [2.45, 2.75) is 121 Å². The molecule has 166 valence electrons. The quantitative estimate of drug-likeness (QED) is 0.713. The molecule has 1 aromatic heterocycles. The van der Waals surface area contributed by atoms with Crippen LogP contribution in [0.15, 0.2) is 14.6 Å². The summed E-state index contributed by atoms with van der Waals surface area (Å²) in [6.45, 7) is 1.84. The molecule has 3 aliphatic rings. The highest BCUT2D eigenvalue weighted by molar-refractivity contribution is 6.00. The van der Waals surface area contributed by atoms with Crippen LogP contribution in [0.4, 0.5) is 0 Å². The normalized spacial score (nSPS) is 23.0. The molecule has 6 heteroatoms. The average molecular weight is 416 g/mol. The van der Waals surface area contributed by atoms with Gasteiger partial charge in [0, 0.05) is 12.1 Å². The molecule has 1 aromatic rings. The summed E-state index contributed by atoms with van der Waals surface area (Å²) < 4.78 is 3.02. The minimum absolute atomic E-state index is 0.0251. The Morgan fingerprint density at radius 3 is 1.77 bits per heavy atom. The number of rotatable bonds is 4. The topological polar surface area (TPSA) is 76.6 Å². The van der Waals surface area contributed by atoms with Crippen molar-refractivity contribution in [1.82, 2.24) is 9.13 Å². The van der Waals surface area contributed by atoms with Gasteiger partial charge in [0.25, 0.3) is 5.56 Å². The molecule has 0 amide bonds. The van der Waals surface area contributed by atoms with Crippen LogP contribution >= 0.6 is 0 Å². The van der Waals surface area contributed by atoms with Crippen LogP contribution in [-0.2, 0) is 0 Å². The molecule has 3 saturated carbocycles. The van der Waals surface area contributed by atoms with E-state index in [1.807, 2.05) is 6.92 Å². The van der Waals surface area contributed by atoms with Gasteiger partial charge in [-0.05, 0) is 45.4 Å². The minimum Gasteiger partial charge on any atom is -0.494 e. The Bertz CT molecular complexity index is 880. The van der Waals surface area contributed by atoms with Gasteiger partial charge in [0.2, 0.25) is 5.88 Å². The van der Waals surface area contributed by atoms with E-state index in [1.54, 1.807) is 4.57 Å². The van der Waals surface area contributed by atoms with Gasteiger partial charge >= 0.3 is 5.69 Å². The van der Waals surface area contributed by atoms with E-state index in [9.17, 15) is 14.7 Å². The Kier molecular flexibility index (Phi) is 6.79. The minimum atomic E-state index is -0.339. The van der Waals surface area contributed by atoms with E-state index in [2.05, 4.69) is 0 Å². The Labute approximate surface area is 179 Å². The molecule has 3 aliphatic carbocycles. The maximum Gasteiger partial charge on any atom is 0.334 e. The third kappa shape index (κ3) is 4.28. The van der Waals surface area contributed by atoms with Crippen molar-refractivity contribution in [2.24, 2.45) is 4.99 Å². The number of hydrogen-bond acceptors (Lipinski definition) is 4. The van der Waals surface area contributed by atoms with Crippen molar-refractivity contribution in [3.05, 3.63) is 26.4 Å². The van der Waals surface area contributed by atoms with Gasteiger partial charge in [0.15, 0.2) is 0 Å². The lowest BCUT2D eigenvalue weighted by atomic mass is 9.94. The molecule has 0 radical (unpaired) electrons. The standard InChI is InChI=1S/C24H37N3O3/c1-17(25-18-11-5-2-6-12-18)21-22(28)26(19-13-7-3-8-14-19)24(30)27(23(21)29)20-15-9-4-10-16-20/h18-20,28H,2-16H2,1H3. The predicted octanol–water partition coefficient (Wildman–Crippen LogP) is 4.87. The third-order valence-electron chi connectivity index (χ3n) is 7.49. The van der Waals surface area contributed by atoms with Gasteiger partial charge in [-0.15, -0.1) is 0 Å². The lowest BCUT2D eigenvalue weighted by Gasteiger charge is -2.29. The Morgan fingerprint density at radius 2 is 1.23 bits per heavy atom. The zero-order chi connectivity index (χ0) is 21.1. The highest BCUT2D eigenvalue weighted by Gasteiger charge is 2.30. The van der Waals surface area contributed by atoms with E-state index >= 15 is 0 Å². The summed E-state index contributed by atoms with van der Waals surface area (Å²) in [6, 6.07) is 0.133. The molecule has 6 nitrogen and oxygen atoms in total. The Morgan fingerprint density at radius 1 is 0.767 bits per heavy atom. The zero-order valence-electron chi connectivity index (χ0n) is 18.4. The smallest absolute Gasteiger partial charge is 0.334 e. The van der Waals surface area contributed by atoms with Gasteiger partial charge in [0.05, 0.1) is 11.8 Å². The summed E-state index contributed by atoms with van der Waals surface area (Å²) in [7, 11) is 0. The second-order valence-electron chi connectivity index (χ2n) is 9.62. The molecule has 0 unspecified atom stereocenters. The highest BCUT2D eigenvalue weighted by atomic mass is 16.3. The van der Waals surface area contributed by atoms with Crippen molar-refractivity contribution in [3.8, 4) is 5.88 Å². The first-order valence-electron chi connectivity index (χ1n) is 12.2. The van der Waals surface area contributed by atoms with Gasteiger partial charge < -0.3 is 5.11 Å². The van der Waals surface area contributed by atoms with Crippen LogP contribution in [0.2, 0.25) is 0 Å². The van der Waals surface area contributed by atoms with E-state index in [0.717, 1.165) is 70.6 Å². The Balaban J connectivity index is 1.84.